The average Bonchev–Trinajstić information content (AvgIpc) is 3.56. The van der Waals surface area contributed by atoms with Gasteiger partial charge in [0.05, 0.1) is 24.8 Å². The van der Waals surface area contributed by atoms with E-state index in [0.29, 0.717) is 54.4 Å². The molecule has 40 heavy (non-hydrogen) atoms. The van der Waals surface area contributed by atoms with Crippen LogP contribution in [0, 0.1) is 0 Å². The van der Waals surface area contributed by atoms with Crippen molar-refractivity contribution in [1.29, 1.82) is 0 Å². The zero-order valence-electron chi connectivity index (χ0n) is 24.7. The van der Waals surface area contributed by atoms with Gasteiger partial charge in [-0.1, -0.05) is 19.6 Å². The highest BCUT2D eigenvalue weighted by molar-refractivity contribution is 6.76. The Bertz CT molecular complexity index is 1330. The summed E-state index contributed by atoms with van der Waals surface area (Å²) in [6.45, 7) is 12.6. The number of morpholine rings is 1. The number of hydrogen-bond donors (Lipinski definition) is 0. The highest BCUT2D eigenvalue weighted by Crippen LogP contribution is 2.33. The zero-order valence-corrected chi connectivity index (χ0v) is 25.7. The molecule has 0 N–H and O–H groups in total. The molecule has 5 rings (SSSR count). The molecule has 0 bridgehead atoms. The molecule has 0 radical (unpaired) electrons. The summed E-state index contributed by atoms with van der Waals surface area (Å²) in [7, 11) is 2.28. The lowest BCUT2D eigenvalue weighted by Gasteiger charge is -2.34. The number of carbonyl (C=O) groups is 1. The summed E-state index contributed by atoms with van der Waals surface area (Å²) in [6.07, 6.45) is 4.99. The quantitative estimate of drug-likeness (QED) is 0.279. The zero-order chi connectivity index (χ0) is 28.4. The molecular formula is C28H43N7O4Si. The minimum atomic E-state index is -1.26. The molecule has 1 unspecified atom stereocenters. The lowest BCUT2D eigenvalue weighted by Crippen LogP contribution is -2.44. The normalized spacial score (nSPS) is 20.3. The van der Waals surface area contributed by atoms with Crippen molar-refractivity contribution in [3.05, 3.63) is 23.9 Å². The first kappa shape index (κ1) is 28.7. The van der Waals surface area contributed by atoms with Crippen LogP contribution in [0.3, 0.4) is 0 Å². The fraction of sp³-hybridized carbons (Fsp3) is 0.643. The Hall–Kier alpha value is -2.80. The smallest absolute Gasteiger partial charge is 0.255 e. The summed E-state index contributed by atoms with van der Waals surface area (Å²) in [5, 5.41) is 9.84. The van der Waals surface area contributed by atoms with Crippen LogP contribution in [0.4, 0.5) is 5.82 Å². The molecule has 0 spiro atoms. The second kappa shape index (κ2) is 12.0. The molecule has 1 amide bonds. The summed E-state index contributed by atoms with van der Waals surface area (Å²) in [6, 6.07) is 5.03. The summed E-state index contributed by atoms with van der Waals surface area (Å²) in [4.78, 5) is 22.5. The summed E-state index contributed by atoms with van der Waals surface area (Å²) < 4.78 is 21.4. The number of carbonyl (C=O) groups excluding carboxylic acids is 1. The standard InChI is InChI=1S/C28H43N7O4Si/c1-20-18-37-14-12-33(20)23-17-21(28(36)32(2)3)27-26(29-23)25(31-35(27)19-38-15-16-40(4,5)6)22-10-11-34(30-22)24-9-7-8-13-39-24/h10-11,17,20,24H,7-9,12-16,18-19H2,1-6H3/t20-,24?/m1/s1. The van der Waals surface area contributed by atoms with Crippen molar-refractivity contribution in [2.45, 2.75) is 70.9 Å². The first-order valence-electron chi connectivity index (χ1n) is 14.3. The topological polar surface area (TPSA) is 99.8 Å². The van der Waals surface area contributed by atoms with Gasteiger partial charge in [-0.3, -0.25) is 4.79 Å². The van der Waals surface area contributed by atoms with Gasteiger partial charge in [0, 0.05) is 48.1 Å². The van der Waals surface area contributed by atoms with E-state index in [9.17, 15) is 4.79 Å². The van der Waals surface area contributed by atoms with Crippen LogP contribution in [0.15, 0.2) is 18.3 Å². The van der Waals surface area contributed by atoms with Crippen LogP contribution in [-0.2, 0) is 20.9 Å². The Kier molecular flexibility index (Phi) is 8.60. The fourth-order valence-corrected chi connectivity index (χ4v) is 5.90. The second-order valence-electron chi connectivity index (χ2n) is 12.2. The first-order chi connectivity index (χ1) is 19.1. The van der Waals surface area contributed by atoms with Crippen LogP contribution < -0.4 is 4.90 Å². The maximum atomic E-state index is 13.6. The van der Waals surface area contributed by atoms with Crippen LogP contribution in [0.25, 0.3) is 22.4 Å². The summed E-state index contributed by atoms with van der Waals surface area (Å²) in [5.74, 6) is 0.634. The van der Waals surface area contributed by atoms with Gasteiger partial charge in [0.2, 0.25) is 0 Å². The number of anilines is 1. The van der Waals surface area contributed by atoms with Gasteiger partial charge in [-0.25, -0.2) is 14.3 Å². The number of rotatable bonds is 9. The molecule has 0 saturated carbocycles. The molecular weight excluding hydrogens is 526 g/mol. The van der Waals surface area contributed by atoms with Gasteiger partial charge in [0.15, 0.2) is 0 Å². The molecule has 2 fully saturated rings. The predicted molar refractivity (Wildman–Crippen MR) is 157 cm³/mol. The van der Waals surface area contributed by atoms with Crippen molar-refractivity contribution in [3.8, 4) is 11.4 Å². The van der Waals surface area contributed by atoms with Gasteiger partial charge < -0.3 is 24.0 Å². The van der Waals surface area contributed by atoms with Crippen molar-refractivity contribution >= 4 is 30.8 Å². The molecule has 0 aliphatic carbocycles. The number of fused-ring (bicyclic) bond motifs is 1. The van der Waals surface area contributed by atoms with Crippen LogP contribution in [0.5, 0.6) is 0 Å². The number of amides is 1. The van der Waals surface area contributed by atoms with Crippen LogP contribution >= 0.6 is 0 Å². The number of aromatic nitrogens is 5. The Balaban J connectivity index is 1.61. The SMILES string of the molecule is C[C@@H]1COCCN1c1cc(C(=O)N(C)C)c2c(n1)c(-c1ccn(C3CCCCO3)n1)nn2COCC[Si](C)(C)C. The van der Waals surface area contributed by atoms with E-state index in [1.807, 2.05) is 23.0 Å². The van der Waals surface area contributed by atoms with E-state index in [0.717, 1.165) is 37.7 Å². The minimum Gasteiger partial charge on any atom is -0.377 e. The van der Waals surface area contributed by atoms with Crippen LogP contribution in [-0.4, -0.2) is 96.5 Å². The first-order valence-corrected chi connectivity index (χ1v) is 18.1. The third-order valence-electron chi connectivity index (χ3n) is 7.49. The molecule has 3 aromatic heterocycles. The van der Waals surface area contributed by atoms with Gasteiger partial charge in [-0.05, 0) is 44.4 Å². The van der Waals surface area contributed by atoms with Crippen molar-refractivity contribution in [1.82, 2.24) is 29.4 Å². The third kappa shape index (κ3) is 6.24. The van der Waals surface area contributed by atoms with Crippen molar-refractivity contribution in [2.24, 2.45) is 0 Å². The molecule has 11 nitrogen and oxygen atoms in total. The van der Waals surface area contributed by atoms with Gasteiger partial charge in [0.1, 0.15) is 41.2 Å². The van der Waals surface area contributed by atoms with Crippen molar-refractivity contribution in [2.75, 3.05) is 52.0 Å². The molecule has 2 aliphatic heterocycles. The van der Waals surface area contributed by atoms with E-state index in [4.69, 9.17) is 29.4 Å². The fourth-order valence-electron chi connectivity index (χ4n) is 5.14. The number of nitrogens with zero attached hydrogens (tertiary/aromatic N) is 7. The molecule has 2 aliphatic rings. The molecule has 12 heteroatoms. The number of pyridine rings is 1. The molecule has 0 aromatic carbocycles. The third-order valence-corrected chi connectivity index (χ3v) is 9.20. The molecule has 2 atom stereocenters. The summed E-state index contributed by atoms with van der Waals surface area (Å²) >= 11 is 0. The second-order valence-corrected chi connectivity index (χ2v) is 17.9. The Morgan fingerprint density at radius 1 is 1.20 bits per heavy atom. The van der Waals surface area contributed by atoms with E-state index >= 15 is 0 Å². The van der Waals surface area contributed by atoms with E-state index in [1.54, 1.807) is 23.7 Å². The molecule has 218 valence electrons. The lowest BCUT2D eigenvalue weighted by atomic mass is 10.1. The van der Waals surface area contributed by atoms with Gasteiger partial charge in [-0.15, -0.1) is 0 Å². The van der Waals surface area contributed by atoms with E-state index in [2.05, 4.69) is 31.5 Å². The maximum absolute atomic E-state index is 13.6. The number of ether oxygens (including phenoxy) is 3. The van der Waals surface area contributed by atoms with Crippen molar-refractivity contribution in [3.63, 3.8) is 0 Å². The molecule has 2 saturated heterocycles. The Labute approximate surface area is 237 Å². The van der Waals surface area contributed by atoms with Crippen LogP contribution in [0.2, 0.25) is 25.7 Å². The van der Waals surface area contributed by atoms with E-state index in [1.165, 1.54) is 0 Å². The monoisotopic (exact) mass is 569 g/mol. The van der Waals surface area contributed by atoms with Crippen molar-refractivity contribution < 1.29 is 19.0 Å². The van der Waals surface area contributed by atoms with Crippen LogP contribution in [0.1, 0.15) is 42.8 Å². The largest absolute Gasteiger partial charge is 0.377 e. The van der Waals surface area contributed by atoms with Gasteiger partial charge in [-0.2, -0.15) is 10.2 Å². The van der Waals surface area contributed by atoms with E-state index < -0.39 is 8.07 Å². The minimum absolute atomic E-state index is 0.0793. The predicted octanol–water partition coefficient (Wildman–Crippen LogP) is 4.23. The summed E-state index contributed by atoms with van der Waals surface area (Å²) in [5.41, 5.74) is 3.18. The average molecular weight is 570 g/mol. The molecule has 5 heterocycles. The molecule has 3 aromatic rings. The Morgan fingerprint density at radius 2 is 2.02 bits per heavy atom. The highest BCUT2D eigenvalue weighted by Gasteiger charge is 2.28. The maximum Gasteiger partial charge on any atom is 0.255 e. The highest BCUT2D eigenvalue weighted by atomic mass is 28.3. The van der Waals surface area contributed by atoms with Gasteiger partial charge in [0.25, 0.3) is 5.91 Å². The lowest BCUT2D eigenvalue weighted by molar-refractivity contribution is -0.0393. The van der Waals surface area contributed by atoms with E-state index in [-0.39, 0.29) is 24.9 Å². The van der Waals surface area contributed by atoms with Gasteiger partial charge >= 0.3 is 0 Å². The number of hydrogen-bond acceptors (Lipinski definition) is 8. The Morgan fingerprint density at radius 3 is 2.73 bits per heavy atom.